The molecule has 1 saturated heterocycles. The van der Waals surface area contributed by atoms with Gasteiger partial charge in [-0.15, -0.1) is 0 Å². The van der Waals surface area contributed by atoms with Gasteiger partial charge in [0, 0.05) is 42.2 Å². The fraction of sp³-hybridized carbons (Fsp3) is 0.600. The smallest absolute Gasteiger partial charge is 0.118 e. The summed E-state index contributed by atoms with van der Waals surface area (Å²) >= 11 is 0. The van der Waals surface area contributed by atoms with Crippen LogP contribution in [0, 0.1) is 11.8 Å². The maximum absolute atomic E-state index is 13.6. The number of benzene rings is 1. The molecule has 3 aliphatic rings. The topological polar surface area (TPSA) is 44.7 Å². The molecule has 0 bridgehead atoms. The molecule has 0 saturated carbocycles. The number of likely N-dealkylation sites (N-methyl/N-ethyl adjacent to an activating group) is 1. The quantitative estimate of drug-likeness (QED) is 0.683. The highest BCUT2D eigenvalue weighted by molar-refractivity contribution is 5.57. The number of fused-ring (bicyclic) bond motifs is 3. The standard InChI is InChI=1S/C25H35FN2O2/c1-3-17-5-12-23-22(15-17)25-21(24(27-23)18-6-8-19(26)9-7-18)11-10-20(30-25)16-28(4-2)13-14-29/h5-6,8-9,12,15,18,20-21,24-25,27,29H,3-4,7,10-11,13-14,16H2,1-2H3/t18?,20-,21+,24+,25+/m1/s1. The fourth-order valence-electron chi connectivity index (χ4n) is 5.31. The minimum Gasteiger partial charge on any atom is -0.395 e. The van der Waals surface area contributed by atoms with Crippen LogP contribution in [-0.2, 0) is 11.2 Å². The first-order valence-electron chi connectivity index (χ1n) is 11.5. The second-order valence-corrected chi connectivity index (χ2v) is 8.83. The van der Waals surface area contributed by atoms with Crippen LogP contribution in [0.3, 0.4) is 0 Å². The van der Waals surface area contributed by atoms with Gasteiger partial charge in [0.25, 0.3) is 0 Å². The molecule has 30 heavy (non-hydrogen) atoms. The van der Waals surface area contributed by atoms with Crippen molar-refractivity contribution < 1.29 is 14.2 Å². The number of allylic oxidation sites excluding steroid dienone is 3. The molecular formula is C25H35FN2O2. The normalized spacial score (nSPS) is 30.4. The number of halogens is 1. The summed E-state index contributed by atoms with van der Waals surface area (Å²) in [5.74, 6) is 0.519. The highest BCUT2D eigenvalue weighted by Crippen LogP contribution is 2.48. The fourth-order valence-corrected chi connectivity index (χ4v) is 5.31. The van der Waals surface area contributed by atoms with E-state index in [4.69, 9.17) is 4.74 Å². The molecule has 4 nitrogen and oxygen atoms in total. The third-order valence-electron chi connectivity index (χ3n) is 7.04. The van der Waals surface area contributed by atoms with Gasteiger partial charge in [-0.05, 0) is 56.0 Å². The molecule has 1 aromatic carbocycles. The van der Waals surface area contributed by atoms with Gasteiger partial charge in [-0.3, -0.25) is 4.90 Å². The molecule has 164 valence electrons. The summed E-state index contributed by atoms with van der Waals surface area (Å²) < 4.78 is 20.3. The van der Waals surface area contributed by atoms with E-state index >= 15 is 0 Å². The Kier molecular flexibility index (Phi) is 6.91. The molecule has 0 aromatic heterocycles. The maximum atomic E-state index is 13.6. The van der Waals surface area contributed by atoms with E-state index in [2.05, 4.69) is 42.3 Å². The van der Waals surface area contributed by atoms with Gasteiger partial charge >= 0.3 is 0 Å². The zero-order valence-electron chi connectivity index (χ0n) is 18.2. The molecule has 5 atom stereocenters. The number of hydrogen-bond donors (Lipinski definition) is 2. The van der Waals surface area contributed by atoms with Crippen molar-refractivity contribution >= 4 is 5.69 Å². The number of nitrogens with zero attached hydrogens (tertiary/aromatic N) is 1. The van der Waals surface area contributed by atoms with Crippen LogP contribution < -0.4 is 5.32 Å². The van der Waals surface area contributed by atoms with Crippen molar-refractivity contribution in [2.24, 2.45) is 11.8 Å². The van der Waals surface area contributed by atoms with Crippen LogP contribution in [0.5, 0.6) is 0 Å². The first-order valence-corrected chi connectivity index (χ1v) is 11.5. The SMILES string of the molecule is CCc1ccc2c(c1)[C@H]1O[C@@H](CN(CC)CCO)CC[C@H]1[C@H](C1C=CC(F)=CC1)N2. The Bertz CT molecular complexity index is 793. The molecule has 2 aliphatic heterocycles. The Balaban J connectivity index is 1.59. The summed E-state index contributed by atoms with van der Waals surface area (Å²) in [6.07, 6.45) is 9.44. The highest BCUT2D eigenvalue weighted by atomic mass is 19.1. The van der Waals surface area contributed by atoms with Crippen LogP contribution in [-0.4, -0.2) is 48.4 Å². The molecule has 1 aromatic rings. The maximum Gasteiger partial charge on any atom is 0.118 e. The molecule has 1 aliphatic carbocycles. The summed E-state index contributed by atoms with van der Waals surface area (Å²) in [6.45, 7) is 6.96. The second-order valence-electron chi connectivity index (χ2n) is 8.83. The summed E-state index contributed by atoms with van der Waals surface area (Å²) in [4.78, 5) is 2.27. The van der Waals surface area contributed by atoms with Crippen molar-refractivity contribution in [3.05, 3.63) is 53.4 Å². The molecule has 1 fully saturated rings. The Morgan fingerprint density at radius 3 is 2.83 bits per heavy atom. The summed E-state index contributed by atoms with van der Waals surface area (Å²) in [6, 6.07) is 6.94. The third-order valence-corrected chi connectivity index (χ3v) is 7.04. The molecule has 5 heteroatoms. The Morgan fingerprint density at radius 2 is 2.13 bits per heavy atom. The molecular weight excluding hydrogens is 379 g/mol. The van der Waals surface area contributed by atoms with Gasteiger partial charge in [0.2, 0.25) is 0 Å². The van der Waals surface area contributed by atoms with E-state index in [0.717, 1.165) is 44.5 Å². The van der Waals surface area contributed by atoms with Gasteiger partial charge in [0.1, 0.15) is 5.83 Å². The van der Waals surface area contributed by atoms with E-state index in [1.54, 1.807) is 12.2 Å². The predicted octanol–water partition coefficient (Wildman–Crippen LogP) is 4.62. The monoisotopic (exact) mass is 414 g/mol. The number of aliphatic hydroxyl groups is 1. The lowest BCUT2D eigenvalue weighted by Gasteiger charge is -2.48. The number of hydrogen-bond acceptors (Lipinski definition) is 4. The number of aliphatic hydroxyl groups excluding tert-OH is 1. The van der Waals surface area contributed by atoms with Crippen LogP contribution in [0.1, 0.15) is 50.3 Å². The molecule has 0 radical (unpaired) electrons. The van der Waals surface area contributed by atoms with Crippen molar-refractivity contribution in [1.82, 2.24) is 4.90 Å². The average molecular weight is 415 g/mol. The van der Waals surface area contributed by atoms with E-state index in [9.17, 15) is 9.50 Å². The van der Waals surface area contributed by atoms with Crippen molar-refractivity contribution in [1.29, 1.82) is 0 Å². The van der Waals surface area contributed by atoms with Crippen LogP contribution in [0.25, 0.3) is 0 Å². The van der Waals surface area contributed by atoms with E-state index in [0.29, 0.717) is 12.5 Å². The number of aryl methyl sites for hydroxylation is 1. The van der Waals surface area contributed by atoms with E-state index in [1.807, 2.05) is 6.08 Å². The average Bonchev–Trinajstić information content (AvgIpc) is 2.78. The number of rotatable bonds is 7. The van der Waals surface area contributed by atoms with Gasteiger partial charge in [-0.1, -0.05) is 32.1 Å². The van der Waals surface area contributed by atoms with Gasteiger partial charge in [-0.2, -0.15) is 0 Å². The van der Waals surface area contributed by atoms with Gasteiger partial charge in [-0.25, -0.2) is 4.39 Å². The predicted molar refractivity (Wildman–Crippen MR) is 119 cm³/mol. The second kappa shape index (κ2) is 9.63. The van der Waals surface area contributed by atoms with E-state index < -0.39 is 0 Å². The number of anilines is 1. The molecule has 2 heterocycles. The van der Waals surface area contributed by atoms with Crippen molar-refractivity contribution in [3.8, 4) is 0 Å². The van der Waals surface area contributed by atoms with Gasteiger partial charge in [0.05, 0.1) is 18.8 Å². The number of ether oxygens (including phenoxy) is 1. The lowest BCUT2D eigenvalue weighted by Crippen LogP contribution is -2.48. The summed E-state index contributed by atoms with van der Waals surface area (Å²) in [7, 11) is 0. The van der Waals surface area contributed by atoms with E-state index in [-0.39, 0.29) is 36.6 Å². The highest BCUT2D eigenvalue weighted by Gasteiger charge is 2.44. The molecule has 0 spiro atoms. The van der Waals surface area contributed by atoms with Crippen LogP contribution in [0.15, 0.2) is 42.3 Å². The first-order chi connectivity index (χ1) is 14.6. The Hall–Kier alpha value is -1.69. The third kappa shape index (κ3) is 4.48. The van der Waals surface area contributed by atoms with E-state index in [1.165, 1.54) is 11.1 Å². The molecule has 2 N–H and O–H groups in total. The van der Waals surface area contributed by atoms with Gasteiger partial charge in [0.15, 0.2) is 0 Å². The minimum absolute atomic E-state index is 0.0634. The molecule has 0 amide bonds. The van der Waals surface area contributed by atoms with Gasteiger partial charge < -0.3 is 15.2 Å². The largest absolute Gasteiger partial charge is 0.395 e. The van der Waals surface area contributed by atoms with Crippen LogP contribution in [0.4, 0.5) is 10.1 Å². The van der Waals surface area contributed by atoms with Crippen molar-refractivity contribution in [3.63, 3.8) is 0 Å². The van der Waals surface area contributed by atoms with Crippen molar-refractivity contribution in [2.45, 2.75) is 57.8 Å². The minimum atomic E-state index is -0.130. The Morgan fingerprint density at radius 1 is 1.27 bits per heavy atom. The lowest BCUT2D eigenvalue weighted by molar-refractivity contribution is -0.105. The summed E-state index contributed by atoms with van der Waals surface area (Å²) in [5, 5.41) is 13.1. The Labute approximate surface area is 179 Å². The zero-order valence-corrected chi connectivity index (χ0v) is 18.2. The number of nitrogens with one attached hydrogen (secondary N) is 1. The summed E-state index contributed by atoms with van der Waals surface area (Å²) in [5.41, 5.74) is 3.76. The van der Waals surface area contributed by atoms with Crippen LogP contribution >= 0.6 is 0 Å². The lowest BCUT2D eigenvalue weighted by atomic mass is 9.72. The molecule has 1 unspecified atom stereocenters. The first kappa shape index (κ1) is 21.5. The zero-order chi connectivity index (χ0) is 21.1. The molecule has 4 rings (SSSR count). The van der Waals surface area contributed by atoms with Crippen molar-refractivity contribution in [2.75, 3.05) is 31.6 Å². The van der Waals surface area contributed by atoms with Crippen LogP contribution in [0.2, 0.25) is 0 Å².